The van der Waals surface area contributed by atoms with Crippen molar-refractivity contribution in [1.29, 1.82) is 0 Å². The first-order valence-electron chi connectivity index (χ1n) is 6.69. The van der Waals surface area contributed by atoms with Crippen molar-refractivity contribution in [3.05, 3.63) is 29.3 Å². The molecule has 1 aromatic rings. The molecule has 0 spiro atoms. The van der Waals surface area contributed by atoms with E-state index in [1.165, 1.54) is 0 Å². The van der Waals surface area contributed by atoms with E-state index in [1.807, 2.05) is 25.1 Å². The van der Waals surface area contributed by atoms with Crippen molar-refractivity contribution in [3.63, 3.8) is 0 Å². The lowest BCUT2D eigenvalue weighted by Gasteiger charge is -2.30. The predicted octanol–water partition coefficient (Wildman–Crippen LogP) is 2.10. The molecule has 0 aliphatic carbocycles. The van der Waals surface area contributed by atoms with Crippen LogP contribution in [0, 0.1) is 6.92 Å². The number of rotatable bonds is 3. The fourth-order valence-corrected chi connectivity index (χ4v) is 2.86. The van der Waals surface area contributed by atoms with Crippen LogP contribution >= 0.6 is 0 Å². The van der Waals surface area contributed by atoms with E-state index in [2.05, 4.69) is 5.32 Å². The van der Waals surface area contributed by atoms with Crippen LogP contribution in [0.3, 0.4) is 0 Å². The number of hydrogen-bond donors (Lipinski definition) is 2. The SMILES string of the molecule is COc1ccc(C)cc1C1(C(=O)O)CCCNCC1. The standard InChI is InChI=1S/C15H21NO3/c1-11-4-5-13(19-2)12(10-11)15(14(17)18)6-3-8-16-9-7-15/h4-5,10,16H,3,6-9H2,1-2H3,(H,17,18). The van der Waals surface area contributed by atoms with Gasteiger partial charge in [-0.05, 0) is 45.3 Å². The third-order valence-electron chi connectivity index (χ3n) is 3.97. The lowest BCUT2D eigenvalue weighted by molar-refractivity contribution is -0.144. The van der Waals surface area contributed by atoms with Crippen molar-refractivity contribution in [2.24, 2.45) is 0 Å². The van der Waals surface area contributed by atoms with Crippen LogP contribution in [0.4, 0.5) is 0 Å². The fourth-order valence-electron chi connectivity index (χ4n) is 2.86. The van der Waals surface area contributed by atoms with E-state index in [-0.39, 0.29) is 0 Å². The number of nitrogens with one attached hydrogen (secondary N) is 1. The normalized spacial score (nSPS) is 23.7. The van der Waals surface area contributed by atoms with Crippen LogP contribution in [0.2, 0.25) is 0 Å². The van der Waals surface area contributed by atoms with Gasteiger partial charge in [0.2, 0.25) is 0 Å². The van der Waals surface area contributed by atoms with Crippen LogP contribution in [-0.4, -0.2) is 31.3 Å². The molecule has 0 radical (unpaired) electrons. The maximum Gasteiger partial charge on any atom is 0.314 e. The van der Waals surface area contributed by atoms with Gasteiger partial charge in [-0.1, -0.05) is 17.7 Å². The maximum atomic E-state index is 11.9. The zero-order valence-electron chi connectivity index (χ0n) is 11.5. The minimum absolute atomic E-state index is 0.599. The molecule has 1 saturated heterocycles. The molecule has 1 aliphatic heterocycles. The van der Waals surface area contributed by atoms with E-state index in [0.717, 1.165) is 30.6 Å². The lowest BCUT2D eigenvalue weighted by Crippen LogP contribution is -2.37. The predicted molar refractivity (Wildman–Crippen MR) is 73.8 cm³/mol. The number of aliphatic carboxylic acids is 1. The van der Waals surface area contributed by atoms with Gasteiger partial charge in [-0.15, -0.1) is 0 Å². The largest absolute Gasteiger partial charge is 0.496 e. The average Bonchev–Trinajstić information content (AvgIpc) is 2.65. The van der Waals surface area contributed by atoms with E-state index in [0.29, 0.717) is 18.6 Å². The Kier molecular flexibility index (Phi) is 4.10. The first kappa shape index (κ1) is 13.9. The number of benzene rings is 1. The number of carbonyl (C=O) groups is 1. The first-order chi connectivity index (χ1) is 9.10. The van der Waals surface area contributed by atoms with Crippen LogP contribution in [0.5, 0.6) is 5.75 Å². The van der Waals surface area contributed by atoms with Gasteiger partial charge in [-0.25, -0.2) is 0 Å². The topological polar surface area (TPSA) is 58.6 Å². The molecule has 0 saturated carbocycles. The molecule has 4 nitrogen and oxygen atoms in total. The Morgan fingerprint density at radius 1 is 1.37 bits per heavy atom. The lowest BCUT2D eigenvalue weighted by atomic mass is 9.73. The molecular formula is C15H21NO3. The zero-order chi connectivity index (χ0) is 13.9. The highest BCUT2D eigenvalue weighted by molar-refractivity contribution is 5.82. The van der Waals surface area contributed by atoms with Gasteiger partial charge in [0, 0.05) is 5.56 Å². The summed E-state index contributed by atoms with van der Waals surface area (Å²) in [5.41, 5.74) is 1.04. The molecule has 0 bridgehead atoms. The molecule has 4 heteroatoms. The Morgan fingerprint density at radius 2 is 2.16 bits per heavy atom. The molecule has 104 valence electrons. The third-order valence-corrected chi connectivity index (χ3v) is 3.97. The minimum atomic E-state index is -0.832. The first-order valence-corrected chi connectivity index (χ1v) is 6.69. The van der Waals surface area contributed by atoms with Crippen molar-refractivity contribution in [1.82, 2.24) is 5.32 Å². The second kappa shape index (κ2) is 5.61. The summed E-state index contributed by atoms with van der Waals surface area (Å²) in [6.07, 6.45) is 2.11. The molecular weight excluding hydrogens is 242 g/mol. The molecule has 1 aromatic carbocycles. The molecule has 0 aromatic heterocycles. The van der Waals surface area contributed by atoms with E-state index >= 15 is 0 Å². The number of methoxy groups -OCH3 is 1. The summed E-state index contributed by atoms with van der Waals surface area (Å²) in [6.45, 7) is 3.58. The number of carboxylic acids is 1. The van der Waals surface area contributed by atoms with Gasteiger partial charge in [0.1, 0.15) is 5.75 Å². The Labute approximate surface area is 113 Å². The summed E-state index contributed by atoms with van der Waals surface area (Å²) >= 11 is 0. The van der Waals surface area contributed by atoms with Crippen LogP contribution in [-0.2, 0) is 10.2 Å². The van der Waals surface area contributed by atoms with Gasteiger partial charge in [-0.2, -0.15) is 0 Å². The van der Waals surface area contributed by atoms with Gasteiger partial charge >= 0.3 is 5.97 Å². The van der Waals surface area contributed by atoms with E-state index in [1.54, 1.807) is 7.11 Å². The third kappa shape index (κ3) is 2.59. The number of ether oxygens (including phenoxy) is 1. The van der Waals surface area contributed by atoms with Gasteiger partial charge in [0.05, 0.1) is 12.5 Å². The molecule has 1 heterocycles. The minimum Gasteiger partial charge on any atom is -0.496 e. The monoisotopic (exact) mass is 263 g/mol. The number of carboxylic acid groups (broad SMARTS) is 1. The molecule has 1 fully saturated rings. The zero-order valence-corrected chi connectivity index (χ0v) is 11.5. The number of hydrogen-bond acceptors (Lipinski definition) is 3. The summed E-state index contributed by atoms with van der Waals surface area (Å²) in [4.78, 5) is 11.9. The van der Waals surface area contributed by atoms with Gasteiger partial charge in [0.25, 0.3) is 0 Å². The van der Waals surface area contributed by atoms with E-state index in [9.17, 15) is 9.90 Å². The van der Waals surface area contributed by atoms with Crippen LogP contribution in [0.25, 0.3) is 0 Å². The van der Waals surface area contributed by atoms with Crippen molar-refractivity contribution in [2.75, 3.05) is 20.2 Å². The van der Waals surface area contributed by atoms with Crippen LogP contribution in [0.15, 0.2) is 18.2 Å². The van der Waals surface area contributed by atoms with Crippen molar-refractivity contribution in [2.45, 2.75) is 31.6 Å². The molecule has 2 N–H and O–H groups in total. The molecule has 0 amide bonds. The Morgan fingerprint density at radius 3 is 2.84 bits per heavy atom. The second-order valence-corrected chi connectivity index (χ2v) is 5.19. The number of aryl methyl sites for hydroxylation is 1. The highest BCUT2D eigenvalue weighted by Crippen LogP contribution is 2.40. The Bertz CT molecular complexity index is 462. The van der Waals surface area contributed by atoms with Crippen LogP contribution < -0.4 is 10.1 Å². The van der Waals surface area contributed by atoms with E-state index in [4.69, 9.17) is 4.74 Å². The summed E-state index contributed by atoms with van der Waals surface area (Å²) in [5.74, 6) is -0.0741. The molecule has 1 atom stereocenters. The molecule has 1 aliphatic rings. The Balaban J connectivity index is 2.54. The Hall–Kier alpha value is -1.55. The highest BCUT2D eigenvalue weighted by Gasteiger charge is 2.42. The summed E-state index contributed by atoms with van der Waals surface area (Å²) in [6, 6.07) is 5.78. The van der Waals surface area contributed by atoms with Crippen molar-refractivity contribution in [3.8, 4) is 5.75 Å². The second-order valence-electron chi connectivity index (χ2n) is 5.19. The van der Waals surface area contributed by atoms with Crippen molar-refractivity contribution >= 4 is 5.97 Å². The fraction of sp³-hybridized carbons (Fsp3) is 0.533. The summed E-state index contributed by atoms with van der Waals surface area (Å²) in [7, 11) is 1.60. The maximum absolute atomic E-state index is 11.9. The quantitative estimate of drug-likeness (QED) is 0.877. The molecule has 19 heavy (non-hydrogen) atoms. The summed E-state index contributed by atoms with van der Waals surface area (Å²) in [5, 5.41) is 13.1. The van der Waals surface area contributed by atoms with Crippen LogP contribution in [0.1, 0.15) is 30.4 Å². The van der Waals surface area contributed by atoms with E-state index < -0.39 is 11.4 Å². The highest BCUT2D eigenvalue weighted by atomic mass is 16.5. The average molecular weight is 263 g/mol. The smallest absolute Gasteiger partial charge is 0.314 e. The van der Waals surface area contributed by atoms with Crippen molar-refractivity contribution < 1.29 is 14.6 Å². The van der Waals surface area contributed by atoms with Gasteiger partial charge < -0.3 is 15.2 Å². The van der Waals surface area contributed by atoms with Gasteiger partial charge in [-0.3, -0.25) is 4.79 Å². The molecule has 1 unspecified atom stereocenters. The van der Waals surface area contributed by atoms with Gasteiger partial charge in [0.15, 0.2) is 0 Å². The summed E-state index contributed by atoms with van der Waals surface area (Å²) < 4.78 is 5.39. The molecule has 2 rings (SSSR count).